The predicted molar refractivity (Wildman–Crippen MR) is 58.4 cm³/mol. The second kappa shape index (κ2) is 4.28. The zero-order chi connectivity index (χ0) is 9.97. The Bertz CT molecular complexity index is 310. The van der Waals surface area contributed by atoms with E-state index in [1.807, 2.05) is 12.1 Å². The molecule has 0 amide bonds. The number of hydrogen-bond acceptors (Lipinski definition) is 2. The molecule has 1 aliphatic carbocycles. The van der Waals surface area contributed by atoms with Crippen LogP contribution in [0.2, 0.25) is 5.15 Å². The molecule has 0 radical (unpaired) electrons. The maximum Gasteiger partial charge on any atom is 0.133 e. The Balaban J connectivity index is 2.02. The summed E-state index contributed by atoms with van der Waals surface area (Å²) >= 11 is 6.01. The summed E-state index contributed by atoms with van der Waals surface area (Å²) in [5.41, 5.74) is 1.10. The summed E-state index contributed by atoms with van der Waals surface area (Å²) < 4.78 is 0. The molecule has 1 aliphatic rings. The molecule has 0 aromatic carbocycles. The lowest BCUT2D eigenvalue weighted by Gasteiger charge is -2.30. The molecule has 1 aromatic rings. The van der Waals surface area contributed by atoms with Gasteiger partial charge in [0.2, 0.25) is 0 Å². The maximum atomic E-state index is 6.01. The van der Waals surface area contributed by atoms with Crippen LogP contribution in [0.5, 0.6) is 0 Å². The highest BCUT2D eigenvalue weighted by Crippen LogP contribution is 2.25. The van der Waals surface area contributed by atoms with E-state index in [0.717, 1.165) is 5.56 Å². The average Bonchev–Trinajstić information content (AvgIpc) is 2.12. The number of pyridine rings is 1. The number of hydrogen-bond donors (Lipinski definition) is 1. The number of nitrogens with one attached hydrogen (secondary N) is 1. The third-order valence-corrected chi connectivity index (χ3v) is 3.16. The van der Waals surface area contributed by atoms with Gasteiger partial charge in [0, 0.05) is 23.8 Å². The summed E-state index contributed by atoms with van der Waals surface area (Å²) in [5.74, 6) is 0. The smallest absolute Gasteiger partial charge is 0.133 e. The molecule has 2 nitrogen and oxygen atoms in total. The lowest BCUT2D eigenvalue weighted by atomic mass is 9.92. The van der Waals surface area contributed by atoms with Gasteiger partial charge in [-0.3, -0.25) is 0 Å². The van der Waals surface area contributed by atoms with Crippen molar-refractivity contribution in [3.63, 3.8) is 0 Å². The minimum absolute atomic E-state index is 0.307. The van der Waals surface area contributed by atoms with Crippen LogP contribution in [0.3, 0.4) is 0 Å². The lowest BCUT2D eigenvalue weighted by Crippen LogP contribution is -2.36. The summed E-state index contributed by atoms with van der Waals surface area (Å²) in [6, 6.07) is 4.95. The fourth-order valence-electron chi connectivity index (χ4n) is 1.74. The van der Waals surface area contributed by atoms with Crippen LogP contribution in [-0.2, 0) is 0 Å². The van der Waals surface area contributed by atoms with Crippen molar-refractivity contribution < 1.29 is 0 Å². The summed E-state index contributed by atoms with van der Waals surface area (Å²) in [7, 11) is 0. The fraction of sp³-hybridized carbons (Fsp3) is 0.545. The van der Waals surface area contributed by atoms with Crippen molar-refractivity contribution in [3.05, 3.63) is 29.0 Å². The van der Waals surface area contributed by atoms with Gasteiger partial charge < -0.3 is 5.32 Å². The first kappa shape index (κ1) is 9.94. The molecule has 76 valence electrons. The van der Waals surface area contributed by atoms with Gasteiger partial charge in [0.05, 0.1) is 0 Å². The van der Waals surface area contributed by atoms with E-state index in [1.165, 1.54) is 19.3 Å². The molecule has 1 aromatic heterocycles. The minimum Gasteiger partial charge on any atom is -0.307 e. The van der Waals surface area contributed by atoms with Crippen LogP contribution >= 0.6 is 11.6 Å². The molecule has 1 atom stereocenters. The van der Waals surface area contributed by atoms with Crippen LogP contribution in [0, 0.1) is 0 Å². The SMILES string of the molecule is CC(NC1CCC1)c1cccnc1Cl. The second-order valence-corrected chi connectivity index (χ2v) is 4.26. The zero-order valence-electron chi connectivity index (χ0n) is 8.33. The van der Waals surface area contributed by atoms with Gasteiger partial charge in [-0.2, -0.15) is 0 Å². The van der Waals surface area contributed by atoms with Crippen molar-refractivity contribution in [2.24, 2.45) is 0 Å². The van der Waals surface area contributed by atoms with Gasteiger partial charge in [0.15, 0.2) is 0 Å². The van der Waals surface area contributed by atoms with Crippen LogP contribution in [-0.4, -0.2) is 11.0 Å². The molecule has 1 N–H and O–H groups in total. The molecule has 0 aliphatic heterocycles. The second-order valence-electron chi connectivity index (χ2n) is 3.90. The van der Waals surface area contributed by atoms with E-state index in [0.29, 0.717) is 17.2 Å². The number of nitrogens with zero attached hydrogens (tertiary/aromatic N) is 1. The molecule has 1 unspecified atom stereocenters. The number of halogens is 1. The van der Waals surface area contributed by atoms with Gasteiger partial charge in [-0.25, -0.2) is 4.98 Å². The van der Waals surface area contributed by atoms with Crippen LogP contribution < -0.4 is 5.32 Å². The molecule has 0 spiro atoms. The highest BCUT2D eigenvalue weighted by molar-refractivity contribution is 6.30. The van der Waals surface area contributed by atoms with E-state index in [9.17, 15) is 0 Å². The van der Waals surface area contributed by atoms with Gasteiger partial charge >= 0.3 is 0 Å². The quantitative estimate of drug-likeness (QED) is 0.776. The van der Waals surface area contributed by atoms with E-state index in [-0.39, 0.29) is 0 Å². The van der Waals surface area contributed by atoms with Crippen LogP contribution in [0.25, 0.3) is 0 Å². The summed E-state index contributed by atoms with van der Waals surface area (Å²) in [6.45, 7) is 2.14. The molecule has 0 saturated heterocycles. The normalized spacial score (nSPS) is 19.0. The Morgan fingerprint density at radius 3 is 2.93 bits per heavy atom. The van der Waals surface area contributed by atoms with Crippen molar-refractivity contribution in [2.45, 2.75) is 38.3 Å². The first-order valence-corrected chi connectivity index (χ1v) is 5.51. The molecule has 1 fully saturated rings. The molecule has 14 heavy (non-hydrogen) atoms. The number of rotatable bonds is 3. The maximum absolute atomic E-state index is 6.01. The zero-order valence-corrected chi connectivity index (χ0v) is 9.09. The average molecular weight is 211 g/mol. The Morgan fingerprint density at radius 2 is 2.36 bits per heavy atom. The van der Waals surface area contributed by atoms with Crippen molar-refractivity contribution in [1.29, 1.82) is 0 Å². The molecule has 3 heteroatoms. The van der Waals surface area contributed by atoms with Crippen LogP contribution in [0.15, 0.2) is 18.3 Å². The van der Waals surface area contributed by atoms with Crippen LogP contribution in [0.1, 0.15) is 37.8 Å². The summed E-state index contributed by atoms with van der Waals surface area (Å²) in [5, 5.41) is 4.17. The van der Waals surface area contributed by atoms with E-state index in [1.54, 1.807) is 6.20 Å². The van der Waals surface area contributed by atoms with Gasteiger partial charge in [0.25, 0.3) is 0 Å². The monoisotopic (exact) mass is 210 g/mol. The summed E-state index contributed by atoms with van der Waals surface area (Å²) in [4.78, 5) is 4.08. The number of aromatic nitrogens is 1. The molecular formula is C11H15ClN2. The lowest BCUT2D eigenvalue weighted by molar-refractivity contribution is 0.313. The van der Waals surface area contributed by atoms with Gasteiger partial charge in [-0.15, -0.1) is 0 Å². The van der Waals surface area contributed by atoms with Crippen molar-refractivity contribution in [1.82, 2.24) is 10.3 Å². The first-order chi connectivity index (χ1) is 6.77. The Labute approximate surface area is 89.7 Å². The van der Waals surface area contributed by atoms with E-state index in [4.69, 9.17) is 11.6 Å². The third kappa shape index (κ3) is 2.07. The van der Waals surface area contributed by atoms with Crippen molar-refractivity contribution in [2.75, 3.05) is 0 Å². The minimum atomic E-state index is 0.307. The molecule has 2 rings (SSSR count). The Kier molecular flexibility index (Phi) is 3.04. The molecular weight excluding hydrogens is 196 g/mol. The summed E-state index contributed by atoms with van der Waals surface area (Å²) in [6.07, 6.45) is 5.66. The fourth-order valence-corrected chi connectivity index (χ4v) is 2.02. The van der Waals surface area contributed by atoms with Gasteiger partial charge in [-0.1, -0.05) is 24.1 Å². The van der Waals surface area contributed by atoms with Crippen molar-refractivity contribution in [3.8, 4) is 0 Å². The molecule has 0 bridgehead atoms. The van der Waals surface area contributed by atoms with E-state index < -0.39 is 0 Å². The predicted octanol–water partition coefficient (Wildman–Crippen LogP) is 2.94. The van der Waals surface area contributed by atoms with E-state index in [2.05, 4.69) is 17.2 Å². The highest BCUT2D eigenvalue weighted by atomic mass is 35.5. The van der Waals surface area contributed by atoms with Gasteiger partial charge in [0.1, 0.15) is 5.15 Å². The Morgan fingerprint density at radius 1 is 1.57 bits per heavy atom. The third-order valence-electron chi connectivity index (χ3n) is 2.85. The molecule has 1 saturated carbocycles. The van der Waals surface area contributed by atoms with Crippen LogP contribution in [0.4, 0.5) is 0 Å². The largest absolute Gasteiger partial charge is 0.307 e. The first-order valence-electron chi connectivity index (χ1n) is 5.14. The molecule has 1 heterocycles. The standard InChI is InChI=1S/C11H15ClN2/c1-8(14-9-4-2-5-9)10-6-3-7-13-11(10)12/h3,6-9,14H,2,4-5H2,1H3. The Hall–Kier alpha value is -0.600. The topological polar surface area (TPSA) is 24.9 Å². The highest BCUT2D eigenvalue weighted by Gasteiger charge is 2.20. The van der Waals surface area contributed by atoms with Crippen molar-refractivity contribution >= 4 is 11.6 Å². The van der Waals surface area contributed by atoms with E-state index >= 15 is 0 Å². The van der Waals surface area contributed by atoms with Gasteiger partial charge in [-0.05, 0) is 25.8 Å².